The molecule has 3 rings (SSSR count). The first-order valence-corrected chi connectivity index (χ1v) is 6.71. The van der Waals surface area contributed by atoms with Gasteiger partial charge in [-0.05, 0) is 5.56 Å². The standard InChI is InChI=1S/C18H12O4/c1-22-18(21)15-14(11-7-3-2-4-8-11)16(19)12-9-5-6-10-13(12)17(15)20/h2-10H,1H3. The molecule has 1 aliphatic rings. The number of carbonyl (C=O) groups excluding carboxylic acids is 3. The quantitative estimate of drug-likeness (QED) is 0.630. The summed E-state index contributed by atoms with van der Waals surface area (Å²) in [6.45, 7) is 0. The van der Waals surface area contributed by atoms with Crippen LogP contribution in [0.25, 0.3) is 5.57 Å². The molecule has 4 heteroatoms. The number of esters is 1. The van der Waals surface area contributed by atoms with E-state index in [2.05, 4.69) is 0 Å². The Labute approximate surface area is 127 Å². The van der Waals surface area contributed by atoms with Crippen LogP contribution in [0, 0.1) is 0 Å². The Bertz CT molecular complexity index is 816. The van der Waals surface area contributed by atoms with Crippen molar-refractivity contribution in [1.29, 1.82) is 0 Å². The fourth-order valence-electron chi connectivity index (χ4n) is 2.55. The van der Waals surface area contributed by atoms with Crippen LogP contribution in [0.3, 0.4) is 0 Å². The Morgan fingerprint density at radius 1 is 0.818 bits per heavy atom. The summed E-state index contributed by atoms with van der Waals surface area (Å²) in [7, 11) is 1.19. The van der Waals surface area contributed by atoms with E-state index in [4.69, 9.17) is 4.74 Å². The summed E-state index contributed by atoms with van der Waals surface area (Å²) in [6, 6.07) is 15.2. The zero-order chi connectivity index (χ0) is 15.7. The van der Waals surface area contributed by atoms with Crippen molar-refractivity contribution in [3.05, 3.63) is 76.9 Å². The smallest absolute Gasteiger partial charge is 0.342 e. The van der Waals surface area contributed by atoms with E-state index < -0.39 is 11.8 Å². The molecule has 0 saturated carbocycles. The van der Waals surface area contributed by atoms with Crippen LogP contribution in [0.2, 0.25) is 0 Å². The molecule has 0 aromatic heterocycles. The molecule has 0 bridgehead atoms. The Morgan fingerprint density at radius 3 is 1.95 bits per heavy atom. The molecule has 0 spiro atoms. The van der Waals surface area contributed by atoms with Crippen molar-refractivity contribution < 1.29 is 19.1 Å². The van der Waals surface area contributed by atoms with Crippen molar-refractivity contribution in [3.8, 4) is 0 Å². The Hall–Kier alpha value is -3.01. The minimum absolute atomic E-state index is 0.0937. The van der Waals surface area contributed by atoms with Crippen molar-refractivity contribution in [2.45, 2.75) is 0 Å². The number of benzene rings is 2. The number of rotatable bonds is 2. The van der Waals surface area contributed by atoms with Crippen LogP contribution in [0.5, 0.6) is 0 Å². The topological polar surface area (TPSA) is 60.4 Å². The van der Waals surface area contributed by atoms with E-state index in [1.54, 1.807) is 54.6 Å². The largest absolute Gasteiger partial charge is 0.465 e. The van der Waals surface area contributed by atoms with E-state index in [9.17, 15) is 14.4 Å². The average molecular weight is 292 g/mol. The van der Waals surface area contributed by atoms with E-state index in [0.717, 1.165) is 0 Å². The van der Waals surface area contributed by atoms with Gasteiger partial charge in [0.05, 0.1) is 7.11 Å². The fourth-order valence-corrected chi connectivity index (χ4v) is 2.55. The molecular formula is C18H12O4. The Morgan fingerprint density at radius 2 is 1.36 bits per heavy atom. The van der Waals surface area contributed by atoms with Crippen molar-refractivity contribution >= 4 is 23.1 Å². The molecule has 0 amide bonds. The molecule has 0 radical (unpaired) electrons. The number of hydrogen-bond acceptors (Lipinski definition) is 4. The summed E-state index contributed by atoms with van der Waals surface area (Å²) in [6.07, 6.45) is 0. The first-order valence-electron chi connectivity index (χ1n) is 6.71. The molecular weight excluding hydrogens is 280 g/mol. The van der Waals surface area contributed by atoms with E-state index in [1.165, 1.54) is 7.11 Å². The lowest BCUT2D eigenvalue weighted by Gasteiger charge is -2.19. The van der Waals surface area contributed by atoms with Crippen LogP contribution in [0.1, 0.15) is 26.3 Å². The number of ether oxygens (including phenoxy) is 1. The van der Waals surface area contributed by atoms with Gasteiger partial charge < -0.3 is 4.74 Å². The zero-order valence-corrected chi connectivity index (χ0v) is 11.8. The van der Waals surface area contributed by atoms with Gasteiger partial charge in [-0.25, -0.2) is 4.79 Å². The number of Topliss-reactive ketones (excluding diaryl/α,β-unsaturated/α-hetero) is 2. The highest BCUT2D eigenvalue weighted by atomic mass is 16.5. The van der Waals surface area contributed by atoms with Gasteiger partial charge in [-0.15, -0.1) is 0 Å². The first-order chi connectivity index (χ1) is 10.6. The molecule has 22 heavy (non-hydrogen) atoms. The number of hydrogen-bond donors (Lipinski definition) is 0. The SMILES string of the molecule is COC(=O)C1=C(c2ccccc2)C(=O)c2ccccc2C1=O. The fraction of sp³-hybridized carbons (Fsp3) is 0.0556. The van der Waals surface area contributed by atoms with Crippen LogP contribution in [0.15, 0.2) is 60.2 Å². The molecule has 0 heterocycles. The van der Waals surface area contributed by atoms with Gasteiger partial charge in [-0.1, -0.05) is 54.6 Å². The van der Waals surface area contributed by atoms with Gasteiger partial charge in [-0.3, -0.25) is 9.59 Å². The maximum Gasteiger partial charge on any atom is 0.342 e. The molecule has 2 aromatic rings. The number of allylic oxidation sites excluding steroid dienone is 1. The second-order valence-corrected chi connectivity index (χ2v) is 4.81. The van der Waals surface area contributed by atoms with Crippen LogP contribution < -0.4 is 0 Å². The monoisotopic (exact) mass is 292 g/mol. The predicted molar refractivity (Wildman–Crippen MR) is 80.5 cm³/mol. The number of fused-ring (bicyclic) bond motifs is 1. The van der Waals surface area contributed by atoms with Gasteiger partial charge in [0, 0.05) is 16.7 Å². The lowest BCUT2D eigenvalue weighted by molar-refractivity contribution is -0.135. The average Bonchev–Trinajstić information content (AvgIpc) is 2.58. The van der Waals surface area contributed by atoms with Crippen LogP contribution in [-0.4, -0.2) is 24.6 Å². The summed E-state index contributed by atoms with van der Waals surface area (Å²) >= 11 is 0. The van der Waals surface area contributed by atoms with E-state index in [-0.39, 0.29) is 22.5 Å². The van der Waals surface area contributed by atoms with E-state index in [0.29, 0.717) is 11.1 Å². The van der Waals surface area contributed by atoms with Gasteiger partial charge >= 0.3 is 5.97 Å². The minimum Gasteiger partial charge on any atom is -0.465 e. The molecule has 0 saturated heterocycles. The van der Waals surface area contributed by atoms with Gasteiger partial charge in [0.1, 0.15) is 5.57 Å². The van der Waals surface area contributed by atoms with Crippen LogP contribution in [-0.2, 0) is 9.53 Å². The lowest BCUT2D eigenvalue weighted by Crippen LogP contribution is -2.26. The minimum atomic E-state index is -0.799. The summed E-state index contributed by atoms with van der Waals surface area (Å²) in [4.78, 5) is 37.5. The van der Waals surface area contributed by atoms with Crippen LogP contribution >= 0.6 is 0 Å². The van der Waals surface area contributed by atoms with E-state index >= 15 is 0 Å². The highest BCUT2D eigenvalue weighted by molar-refractivity contribution is 6.46. The molecule has 0 unspecified atom stereocenters. The molecule has 0 N–H and O–H groups in total. The van der Waals surface area contributed by atoms with Crippen molar-refractivity contribution in [1.82, 2.24) is 0 Å². The molecule has 108 valence electrons. The third-order valence-corrected chi connectivity index (χ3v) is 3.57. The zero-order valence-electron chi connectivity index (χ0n) is 11.8. The predicted octanol–water partition coefficient (Wildman–Crippen LogP) is 2.69. The number of ketones is 2. The molecule has 2 aromatic carbocycles. The summed E-state index contributed by atoms with van der Waals surface area (Å²) in [5.41, 5.74) is 0.941. The first kappa shape index (κ1) is 13.9. The number of carbonyl (C=O) groups is 3. The second kappa shape index (κ2) is 5.41. The van der Waals surface area contributed by atoms with Crippen molar-refractivity contribution in [2.75, 3.05) is 7.11 Å². The lowest BCUT2D eigenvalue weighted by atomic mass is 9.81. The Kier molecular flexibility index (Phi) is 3.43. The summed E-state index contributed by atoms with van der Waals surface area (Å²) in [5, 5.41) is 0. The molecule has 0 aliphatic heterocycles. The van der Waals surface area contributed by atoms with Gasteiger partial charge in [0.25, 0.3) is 0 Å². The van der Waals surface area contributed by atoms with Crippen molar-refractivity contribution in [2.24, 2.45) is 0 Å². The highest BCUT2D eigenvalue weighted by Crippen LogP contribution is 2.32. The second-order valence-electron chi connectivity index (χ2n) is 4.81. The maximum absolute atomic E-state index is 12.8. The summed E-state index contributed by atoms with van der Waals surface area (Å²) < 4.78 is 4.71. The van der Waals surface area contributed by atoms with Gasteiger partial charge in [0.15, 0.2) is 5.78 Å². The van der Waals surface area contributed by atoms with Gasteiger partial charge in [0.2, 0.25) is 5.78 Å². The maximum atomic E-state index is 12.8. The molecule has 4 nitrogen and oxygen atoms in total. The summed E-state index contributed by atoms with van der Waals surface area (Å²) in [5.74, 6) is -1.63. The molecule has 0 atom stereocenters. The van der Waals surface area contributed by atoms with Crippen molar-refractivity contribution in [3.63, 3.8) is 0 Å². The van der Waals surface area contributed by atoms with Gasteiger partial charge in [-0.2, -0.15) is 0 Å². The highest BCUT2D eigenvalue weighted by Gasteiger charge is 2.36. The Balaban J connectivity index is 2.32. The molecule has 0 fully saturated rings. The van der Waals surface area contributed by atoms with E-state index in [1.807, 2.05) is 0 Å². The third-order valence-electron chi connectivity index (χ3n) is 3.57. The molecule has 1 aliphatic carbocycles. The van der Waals surface area contributed by atoms with Crippen LogP contribution in [0.4, 0.5) is 0 Å². The number of methoxy groups -OCH3 is 1. The third kappa shape index (κ3) is 2.05. The normalized spacial score (nSPS) is 13.9.